The fraction of sp³-hybridized carbons (Fsp3) is 0.250. The van der Waals surface area contributed by atoms with Crippen molar-refractivity contribution in [1.82, 2.24) is 5.32 Å². The van der Waals surface area contributed by atoms with Gasteiger partial charge in [-0.2, -0.15) is 0 Å². The molecule has 1 rings (SSSR count). The largest absolute Gasteiger partial charge is 0.471 e. The average Bonchev–Trinajstić information content (AvgIpc) is 2.55. The van der Waals surface area contributed by atoms with Crippen molar-refractivity contribution in [3.05, 3.63) is 22.4 Å². The van der Waals surface area contributed by atoms with Crippen LogP contribution in [0.5, 0.6) is 0 Å². The number of thiocarbonyl (C=S) groups is 1. The molecule has 0 spiro atoms. The molecule has 5 heteroatoms. The molecule has 0 aliphatic rings. The van der Waals surface area contributed by atoms with Gasteiger partial charge < -0.3 is 4.74 Å². The van der Waals surface area contributed by atoms with Gasteiger partial charge >= 0.3 is 0 Å². The highest BCUT2D eigenvalue weighted by Crippen LogP contribution is 2.07. The first-order valence-electron chi connectivity index (χ1n) is 3.75. The highest BCUT2D eigenvalue weighted by Gasteiger charge is 2.07. The van der Waals surface area contributed by atoms with Gasteiger partial charge in [-0.25, -0.2) is 0 Å². The highest BCUT2D eigenvalue weighted by atomic mass is 32.1. The molecular formula is C8H9NO2S2. The molecule has 13 heavy (non-hydrogen) atoms. The summed E-state index contributed by atoms with van der Waals surface area (Å²) in [4.78, 5) is 11.9. The molecule has 0 saturated carbocycles. The van der Waals surface area contributed by atoms with Gasteiger partial charge in [-0.1, -0.05) is 6.07 Å². The zero-order chi connectivity index (χ0) is 9.68. The quantitative estimate of drug-likeness (QED) is 0.764. The lowest BCUT2D eigenvalue weighted by Gasteiger charge is -2.04. The van der Waals surface area contributed by atoms with Crippen LogP contribution in [0.1, 0.15) is 16.6 Å². The van der Waals surface area contributed by atoms with Crippen LogP contribution in [0.15, 0.2) is 17.5 Å². The lowest BCUT2D eigenvalue weighted by molar-refractivity contribution is 0.0972. The number of amides is 1. The van der Waals surface area contributed by atoms with E-state index in [1.807, 2.05) is 18.4 Å². The Morgan fingerprint density at radius 1 is 1.77 bits per heavy atom. The summed E-state index contributed by atoms with van der Waals surface area (Å²) in [6.07, 6.45) is 0. The maximum absolute atomic E-state index is 11.3. The fourth-order valence-corrected chi connectivity index (χ4v) is 1.56. The molecule has 1 aromatic heterocycles. The number of carbonyl (C=O) groups is 1. The minimum atomic E-state index is -0.214. The predicted octanol–water partition coefficient (Wildman–Crippen LogP) is 1.80. The number of thiophene rings is 1. The van der Waals surface area contributed by atoms with Crippen LogP contribution in [0.4, 0.5) is 0 Å². The molecular weight excluding hydrogens is 206 g/mol. The van der Waals surface area contributed by atoms with E-state index in [1.54, 1.807) is 6.07 Å². The van der Waals surface area contributed by atoms with Crippen molar-refractivity contribution in [2.75, 3.05) is 6.61 Å². The number of nitrogens with one attached hydrogen (secondary N) is 1. The van der Waals surface area contributed by atoms with Gasteiger partial charge in [-0.15, -0.1) is 11.3 Å². The van der Waals surface area contributed by atoms with Crippen molar-refractivity contribution in [1.29, 1.82) is 0 Å². The molecule has 1 aromatic rings. The summed E-state index contributed by atoms with van der Waals surface area (Å²) in [5.41, 5.74) is 0. The van der Waals surface area contributed by atoms with E-state index in [0.717, 1.165) is 0 Å². The summed E-state index contributed by atoms with van der Waals surface area (Å²) in [7, 11) is 0. The molecule has 0 radical (unpaired) electrons. The first-order chi connectivity index (χ1) is 6.24. The third kappa shape index (κ3) is 3.12. The van der Waals surface area contributed by atoms with Crippen LogP contribution in [0.25, 0.3) is 0 Å². The van der Waals surface area contributed by atoms with Gasteiger partial charge in [0.1, 0.15) is 0 Å². The van der Waals surface area contributed by atoms with Gasteiger partial charge in [0.05, 0.1) is 11.5 Å². The Balaban J connectivity index is 2.47. The molecule has 1 amide bonds. The summed E-state index contributed by atoms with van der Waals surface area (Å²) in [5.74, 6) is -0.214. The first-order valence-corrected chi connectivity index (χ1v) is 5.04. The third-order valence-corrected chi connectivity index (χ3v) is 2.32. The summed E-state index contributed by atoms with van der Waals surface area (Å²) >= 11 is 6.12. The minimum absolute atomic E-state index is 0.126. The van der Waals surface area contributed by atoms with E-state index in [2.05, 4.69) is 5.32 Å². The number of carbonyl (C=O) groups excluding carboxylic acids is 1. The van der Waals surface area contributed by atoms with Gasteiger partial charge in [-0.05, 0) is 30.6 Å². The van der Waals surface area contributed by atoms with Crippen LogP contribution in [0.3, 0.4) is 0 Å². The second-order valence-electron chi connectivity index (χ2n) is 2.15. The van der Waals surface area contributed by atoms with Crippen molar-refractivity contribution in [3.8, 4) is 0 Å². The van der Waals surface area contributed by atoms with E-state index in [-0.39, 0.29) is 11.1 Å². The van der Waals surface area contributed by atoms with E-state index in [1.165, 1.54) is 11.3 Å². The van der Waals surface area contributed by atoms with E-state index in [9.17, 15) is 4.79 Å². The molecule has 0 aliphatic carbocycles. The van der Waals surface area contributed by atoms with Crippen LogP contribution in [0.2, 0.25) is 0 Å². The minimum Gasteiger partial charge on any atom is -0.471 e. The normalized spacial score (nSPS) is 9.31. The van der Waals surface area contributed by atoms with Crippen LogP contribution in [0, 0.1) is 0 Å². The Morgan fingerprint density at radius 3 is 3.08 bits per heavy atom. The molecule has 0 unspecified atom stereocenters. The third-order valence-electron chi connectivity index (χ3n) is 1.24. The van der Waals surface area contributed by atoms with Crippen molar-refractivity contribution in [2.24, 2.45) is 0 Å². The van der Waals surface area contributed by atoms with Crippen molar-refractivity contribution < 1.29 is 9.53 Å². The number of hydrogen-bond donors (Lipinski definition) is 1. The fourth-order valence-electron chi connectivity index (χ4n) is 0.729. The van der Waals surface area contributed by atoms with E-state index in [0.29, 0.717) is 11.5 Å². The van der Waals surface area contributed by atoms with Gasteiger partial charge in [0.25, 0.3) is 11.1 Å². The van der Waals surface area contributed by atoms with Crippen molar-refractivity contribution >= 4 is 34.6 Å². The molecule has 3 nitrogen and oxygen atoms in total. The molecule has 0 aromatic carbocycles. The molecule has 1 heterocycles. The maximum Gasteiger partial charge on any atom is 0.268 e. The highest BCUT2D eigenvalue weighted by molar-refractivity contribution is 7.80. The zero-order valence-corrected chi connectivity index (χ0v) is 8.71. The molecule has 0 saturated heterocycles. The monoisotopic (exact) mass is 215 g/mol. The lowest BCUT2D eigenvalue weighted by atomic mass is 10.4. The molecule has 0 atom stereocenters. The summed E-state index contributed by atoms with van der Waals surface area (Å²) in [6, 6.07) is 3.54. The second-order valence-corrected chi connectivity index (χ2v) is 3.47. The number of ether oxygens (including phenoxy) is 1. The van der Waals surface area contributed by atoms with E-state index in [4.69, 9.17) is 17.0 Å². The summed E-state index contributed by atoms with van der Waals surface area (Å²) in [5, 5.41) is 4.42. The Labute approximate surface area is 85.7 Å². The van der Waals surface area contributed by atoms with Crippen LogP contribution in [-0.4, -0.2) is 17.7 Å². The Morgan fingerprint density at radius 2 is 2.54 bits per heavy atom. The zero-order valence-electron chi connectivity index (χ0n) is 7.07. The second kappa shape index (κ2) is 4.94. The topological polar surface area (TPSA) is 38.3 Å². The van der Waals surface area contributed by atoms with E-state index < -0.39 is 0 Å². The molecule has 0 fully saturated rings. The SMILES string of the molecule is CCOC(=S)NC(=O)c1cccs1. The predicted molar refractivity (Wildman–Crippen MR) is 56.0 cm³/mol. The number of rotatable bonds is 2. The van der Waals surface area contributed by atoms with Gasteiger partial charge in [0.2, 0.25) is 0 Å². The maximum atomic E-state index is 11.3. The standard InChI is InChI=1S/C8H9NO2S2/c1-2-11-8(12)9-7(10)6-4-3-5-13-6/h3-5H,2H2,1H3,(H,9,10,12). The summed E-state index contributed by atoms with van der Waals surface area (Å²) in [6.45, 7) is 2.27. The molecule has 0 bridgehead atoms. The van der Waals surface area contributed by atoms with Crippen molar-refractivity contribution in [3.63, 3.8) is 0 Å². The Kier molecular flexibility index (Phi) is 3.85. The first kappa shape index (κ1) is 10.1. The number of hydrogen-bond acceptors (Lipinski definition) is 4. The smallest absolute Gasteiger partial charge is 0.268 e. The van der Waals surface area contributed by atoms with E-state index >= 15 is 0 Å². The lowest BCUT2D eigenvalue weighted by Crippen LogP contribution is -2.30. The molecule has 1 N–H and O–H groups in total. The summed E-state index contributed by atoms with van der Waals surface area (Å²) < 4.78 is 4.91. The van der Waals surface area contributed by atoms with Crippen LogP contribution >= 0.6 is 23.6 Å². The van der Waals surface area contributed by atoms with Crippen molar-refractivity contribution in [2.45, 2.75) is 6.92 Å². The Bertz CT molecular complexity index is 295. The molecule has 0 aliphatic heterocycles. The van der Waals surface area contributed by atoms with Gasteiger partial charge in [-0.3, -0.25) is 10.1 Å². The molecule has 70 valence electrons. The van der Waals surface area contributed by atoms with Gasteiger partial charge in [0.15, 0.2) is 0 Å². The van der Waals surface area contributed by atoms with Gasteiger partial charge in [0, 0.05) is 0 Å². The average molecular weight is 215 g/mol. The Hall–Kier alpha value is -0.940. The van der Waals surface area contributed by atoms with Crippen LogP contribution < -0.4 is 5.32 Å². The van der Waals surface area contributed by atoms with Crippen LogP contribution in [-0.2, 0) is 4.74 Å².